The summed E-state index contributed by atoms with van der Waals surface area (Å²) in [5.41, 5.74) is 1.09. The van der Waals surface area contributed by atoms with Crippen molar-refractivity contribution in [3.63, 3.8) is 0 Å². The maximum Gasteiger partial charge on any atom is 0.232 e. The average Bonchev–Trinajstić information content (AvgIpc) is 2.26. The van der Waals surface area contributed by atoms with Gasteiger partial charge < -0.3 is 4.74 Å². The molecule has 0 aromatic heterocycles. The van der Waals surface area contributed by atoms with E-state index in [1.807, 2.05) is 19.1 Å². The summed E-state index contributed by atoms with van der Waals surface area (Å²) in [6, 6.07) is 5.60. The maximum absolute atomic E-state index is 10.7. The molecule has 0 radical (unpaired) electrons. The van der Waals surface area contributed by atoms with Crippen LogP contribution < -0.4 is 4.74 Å². The Balaban J connectivity index is 2.24. The van der Waals surface area contributed by atoms with Crippen LogP contribution in [-0.2, 0) is 9.05 Å². The zero-order valence-electron chi connectivity index (χ0n) is 10.2. The lowest BCUT2D eigenvalue weighted by atomic mass is 10.2. The topological polar surface area (TPSA) is 43.4 Å². The molecule has 0 unspecified atom stereocenters. The minimum atomic E-state index is -3.37. The standard InChI is InChI=1S/C12H16Cl2O3S/c1-10-5-6-11(13)12(9-10)17-7-3-2-4-8-18(14,15)16/h5-6,9H,2-4,7-8H2,1H3. The van der Waals surface area contributed by atoms with Crippen molar-refractivity contribution >= 4 is 31.3 Å². The molecule has 0 N–H and O–H groups in total. The number of halogens is 2. The van der Waals surface area contributed by atoms with E-state index < -0.39 is 9.05 Å². The fourth-order valence-corrected chi connectivity index (χ4v) is 2.50. The minimum absolute atomic E-state index is 0.0136. The van der Waals surface area contributed by atoms with Crippen molar-refractivity contribution in [3.05, 3.63) is 28.8 Å². The van der Waals surface area contributed by atoms with Crippen LogP contribution in [0, 0.1) is 6.92 Å². The Morgan fingerprint density at radius 3 is 2.61 bits per heavy atom. The van der Waals surface area contributed by atoms with Gasteiger partial charge in [-0.05, 0) is 43.9 Å². The molecule has 0 atom stereocenters. The van der Waals surface area contributed by atoms with Gasteiger partial charge in [0.05, 0.1) is 17.4 Å². The lowest BCUT2D eigenvalue weighted by molar-refractivity contribution is 0.306. The first-order valence-corrected chi connectivity index (χ1v) is 8.55. The third kappa shape index (κ3) is 6.47. The summed E-state index contributed by atoms with van der Waals surface area (Å²) in [5, 5.41) is 0.587. The molecule has 0 aliphatic carbocycles. The molecule has 1 aromatic carbocycles. The van der Waals surface area contributed by atoms with Crippen molar-refractivity contribution in [2.45, 2.75) is 26.2 Å². The molecule has 1 aromatic rings. The van der Waals surface area contributed by atoms with E-state index in [1.165, 1.54) is 0 Å². The smallest absolute Gasteiger partial charge is 0.232 e. The van der Waals surface area contributed by atoms with Crippen LogP contribution in [0.1, 0.15) is 24.8 Å². The molecule has 0 bridgehead atoms. The summed E-state index contributed by atoms with van der Waals surface area (Å²) in [6.07, 6.45) is 2.09. The fraction of sp³-hybridized carbons (Fsp3) is 0.500. The quantitative estimate of drug-likeness (QED) is 0.569. The van der Waals surface area contributed by atoms with E-state index in [0.29, 0.717) is 23.8 Å². The number of aryl methyl sites for hydroxylation is 1. The molecule has 18 heavy (non-hydrogen) atoms. The monoisotopic (exact) mass is 310 g/mol. The van der Waals surface area contributed by atoms with E-state index in [-0.39, 0.29) is 5.75 Å². The second-order valence-electron chi connectivity index (χ2n) is 4.09. The largest absolute Gasteiger partial charge is 0.492 e. The number of benzene rings is 1. The number of unbranched alkanes of at least 4 members (excludes halogenated alkanes) is 2. The Morgan fingerprint density at radius 1 is 1.22 bits per heavy atom. The predicted octanol–water partition coefficient (Wildman–Crippen LogP) is 3.77. The summed E-state index contributed by atoms with van der Waals surface area (Å²) in [6.45, 7) is 2.49. The Hall–Kier alpha value is -0.450. The second-order valence-corrected chi connectivity index (χ2v) is 7.39. The molecule has 0 amide bonds. The molecule has 0 aliphatic heterocycles. The van der Waals surface area contributed by atoms with Gasteiger partial charge in [-0.1, -0.05) is 17.7 Å². The number of hydrogen-bond acceptors (Lipinski definition) is 3. The molecule has 0 aliphatic rings. The summed E-state index contributed by atoms with van der Waals surface area (Å²) >= 11 is 5.97. The van der Waals surface area contributed by atoms with Gasteiger partial charge in [0.25, 0.3) is 0 Å². The van der Waals surface area contributed by atoms with Gasteiger partial charge in [0, 0.05) is 10.7 Å². The van der Waals surface area contributed by atoms with Gasteiger partial charge in [-0.15, -0.1) is 0 Å². The molecule has 0 heterocycles. The SMILES string of the molecule is Cc1ccc(Cl)c(OCCCCCS(=O)(=O)Cl)c1. The van der Waals surface area contributed by atoms with E-state index in [4.69, 9.17) is 27.0 Å². The van der Waals surface area contributed by atoms with Crippen molar-refractivity contribution < 1.29 is 13.2 Å². The van der Waals surface area contributed by atoms with Gasteiger partial charge in [0.15, 0.2) is 0 Å². The van der Waals surface area contributed by atoms with Gasteiger partial charge in [-0.3, -0.25) is 0 Å². The molecule has 1 rings (SSSR count). The third-order valence-corrected chi connectivity index (χ3v) is 3.93. The van der Waals surface area contributed by atoms with E-state index >= 15 is 0 Å². The fourth-order valence-electron chi connectivity index (χ4n) is 1.46. The molecule has 0 spiro atoms. The highest BCUT2D eigenvalue weighted by Crippen LogP contribution is 2.25. The highest BCUT2D eigenvalue weighted by atomic mass is 35.7. The molecule has 0 saturated heterocycles. The zero-order chi connectivity index (χ0) is 13.6. The lowest BCUT2D eigenvalue weighted by Crippen LogP contribution is -2.01. The van der Waals surface area contributed by atoms with Crippen LogP contribution in [0.15, 0.2) is 18.2 Å². The van der Waals surface area contributed by atoms with Crippen molar-refractivity contribution in [2.24, 2.45) is 0 Å². The molecular weight excluding hydrogens is 295 g/mol. The van der Waals surface area contributed by atoms with Crippen LogP contribution >= 0.6 is 22.3 Å². The Kier molecular flexibility index (Phi) is 6.26. The van der Waals surface area contributed by atoms with Crippen LogP contribution in [0.4, 0.5) is 0 Å². The van der Waals surface area contributed by atoms with Crippen LogP contribution in [0.5, 0.6) is 5.75 Å². The van der Waals surface area contributed by atoms with Gasteiger partial charge in [-0.25, -0.2) is 8.42 Å². The summed E-state index contributed by atoms with van der Waals surface area (Å²) in [5.74, 6) is 0.682. The molecular formula is C12H16Cl2O3S. The minimum Gasteiger partial charge on any atom is -0.492 e. The zero-order valence-corrected chi connectivity index (χ0v) is 12.5. The van der Waals surface area contributed by atoms with Gasteiger partial charge in [0.1, 0.15) is 5.75 Å². The number of hydrogen-bond donors (Lipinski definition) is 0. The van der Waals surface area contributed by atoms with Crippen molar-refractivity contribution in [3.8, 4) is 5.75 Å². The second kappa shape index (κ2) is 7.22. The van der Waals surface area contributed by atoms with Gasteiger partial charge in [0.2, 0.25) is 9.05 Å². The number of ether oxygens (including phenoxy) is 1. The maximum atomic E-state index is 10.7. The summed E-state index contributed by atoms with van der Waals surface area (Å²) in [4.78, 5) is 0. The molecule has 3 nitrogen and oxygen atoms in total. The lowest BCUT2D eigenvalue weighted by Gasteiger charge is -2.08. The van der Waals surface area contributed by atoms with E-state index in [2.05, 4.69) is 0 Å². The normalized spacial score (nSPS) is 11.5. The van der Waals surface area contributed by atoms with Crippen LogP contribution in [0.2, 0.25) is 5.02 Å². The molecule has 0 fully saturated rings. The van der Waals surface area contributed by atoms with Crippen LogP contribution in [0.3, 0.4) is 0 Å². The van der Waals surface area contributed by atoms with Crippen molar-refractivity contribution in [1.29, 1.82) is 0 Å². The van der Waals surface area contributed by atoms with Crippen LogP contribution in [-0.4, -0.2) is 20.8 Å². The first-order valence-electron chi connectivity index (χ1n) is 5.70. The summed E-state index contributed by atoms with van der Waals surface area (Å²) < 4.78 is 26.9. The Labute approximate surface area is 117 Å². The summed E-state index contributed by atoms with van der Waals surface area (Å²) in [7, 11) is 1.74. The highest BCUT2D eigenvalue weighted by Gasteiger charge is 2.04. The van der Waals surface area contributed by atoms with Crippen LogP contribution in [0.25, 0.3) is 0 Å². The van der Waals surface area contributed by atoms with Crippen molar-refractivity contribution in [1.82, 2.24) is 0 Å². The predicted molar refractivity (Wildman–Crippen MR) is 75.2 cm³/mol. The molecule has 6 heteroatoms. The van der Waals surface area contributed by atoms with Gasteiger partial charge >= 0.3 is 0 Å². The average molecular weight is 311 g/mol. The first kappa shape index (κ1) is 15.6. The molecule has 102 valence electrons. The first-order chi connectivity index (χ1) is 8.38. The number of rotatable bonds is 7. The Bertz CT molecular complexity index is 486. The van der Waals surface area contributed by atoms with E-state index in [0.717, 1.165) is 18.4 Å². The van der Waals surface area contributed by atoms with E-state index in [9.17, 15) is 8.42 Å². The third-order valence-electron chi connectivity index (χ3n) is 2.38. The highest BCUT2D eigenvalue weighted by molar-refractivity contribution is 8.13. The van der Waals surface area contributed by atoms with Gasteiger partial charge in [-0.2, -0.15) is 0 Å². The Morgan fingerprint density at radius 2 is 1.94 bits per heavy atom. The molecule has 0 saturated carbocycles. The van der Waals surface area contributed by atoms with Crippen molar-refractivity contribution in [2.75, 3.05) is 12.4 Å². The van der Waals surface area contributed by atoms with E-state index in [1.54, 1.807) is 6.07 Å².